The van der Waals surface area contributed by atoms with E-state index in [4.69, 9.17) is 0 Å². The number of hydrogen-bond acceptors (Lipinski definition) is 6. The van der Waals surface area contributed by atoms with Crippen molar-refractivity contribution < 1.29 is 9.18 Å². The smallest absolute Gasteiger partial charge is 0.267 e. The monoisotopic (exact) mass is 391 g/mol. The molecule has 0 bridgehead atoms. The summed E-state index contributed by atoms with van der Waals surface area (Å²) in [5.41, 5.74) is 0.635. The number of benzene rings is 1. The van der Waals surface area contributed by atoms with Crippen molar-refractivity contribution >= 4 is 11.7 Å². The van der Waals surface area contributed by atoms with Gasteiger partial charge in [0.25, 0.3) is 5.56 Å². The zero-order chi connectivity index (χ0) is 20.2. The van der Waals surface area contributed by atoms with Gasteiger partial charge in [-0.3, -0.25) is 14.2 Å². The van der Waals surface area contributed by atoms with E-state index >= 15 is 0 Å². The first kappa shape index (κ1) is 18.2. The summed E-state index contributed by atoms with van der Waals surface area (Å²) >= 11 is 0. The molecule has 0 aliphatic carbocycles. The second-order valence-electron chi connectivity index (χ2n) is 6.00. The van der Waals surface area contributed by atoms with E-state index in [-0.39, 0.29) is 18.2 Å². The minimum Gasteiger partial charge on any atom is -0.309 e. The second-order valence-corrected chi connectivity index (χ2v) is 6.00. The van der Waals surface area contributed by atoms with Gasteiger partial charge in [0.2, 0.25) is 5.91 Å². The third-order valence-corrected chi connectivity index (χ3v) is 3.99. The summed E-state index contributed by atoms with van der Waals surface area (Å²) in [7, 11) is 0. The molecule has 0 aliphatic heterocycles. The van der Waals surface area contributed by atoms with Crippen LogP contribution in [0.4, 0.5) is 10.2 Å². The van der Waals surface area contributed by atoms with Gasteiger partial charge in [-0.25, -0.2) is 24.0 Å². The van der Waals surface area contributed by atoms with E-state index < -0.39 is 11.5 Å². The van der Waals surface area contributed by atoms with Gasteiger partial charge < -0.3 is 5.32 Å². The fraction of sp³-hybridized carbons (Fsp3) is 0.0526. The molecule has 3 heterocycles. The van der Waals surface area contributed by atoms with Crippen molar-refractivity contribution in [2.24, 2.45) is 0 Å². The Balaban J connectivity index is 1.51. The maximum absolute atomic E-state index is 13.1. The molecule has 0 spiro atoms. The first-order chi connectivity index (χ1) is 14.1. The van der Waals surface area contributed by atoms with Gasteiger partial charge in [0, 0.05) is 30.1 Å². The molecule has 0 unspecified atom stereocenters. The molecule has 3 aromatic heterocycles. The molecular weight excluding hydrogens is 377 g/mol. The lowest BCUT2D eigenvalue weighted by molar-refractivity contribution is -0.117. The molecule has 1 aromatic carbocycles. The molecule has 9 nitrogen and oxygen atoms in total. The van der Waals surface area contributed by atoms with Crippen molar-refractivity contribution in [2.75, 3.05) is 5.32 Å². The Kier molecular flexibility index (Phi) is 4.89. The van der Waals surface area contributed by atoms with Gasteiger partial charge in [-0.15, -0.1) is 0 Å². The van der Waals surface area contributed by atoms with Gasteiger partial charge in [-0.2, -0.15) is 5.10 Å². The molecule has 4 aromatic rings. The molecule has 0 fully saturated rings. The third-order valence-electron chi connectivity index (χ3n) is 3.99. The van der Waals surface area contributed by atoms with Crippen LogP contribution >= 0.6 is 0 Å². The van der Waals surface area contributed by atoms with Crippen molar-refractivity contribution in [1.82, 2.24) is 29.3 Å². The predicted molar refractivity (Wildman–Crippen MR) is 102 cm³/mol. The number of halogens is 1. The highest BCUT2D eigenvalue weighted by Crippen LogP contribution is 2.15. The van der Waals surface area contributed by atoms with E-state index in [0.29, 0.717) is 17.1 Å². The molecule has 144 valence electrons. The largest absolute Gasteiger partial charge is 0.309 e. The Hall–Kier alpha value is -4.21. The van der Waals surface area contributed by atoms with Crippen LogP contribution in [-0.2, 0) is 11.3 Å². The lowest BCUT2D eigenvalue weighted by Gasteiger charge is -2.09. The van der Waals surface area contributed by atoms with Crippen molar-refractivity contribution in [3.05, 3.63) is 83.7 Å². The molecule has 0 atom stereocenters. The normalized spacial score (nSPS) is 10.7. The fourth-order valence-corrected chi connectivity index (χ4v) is 2.61. The van der Waals surface area contributed by atoms with Crippen LogP contribution in [-0.4, -0.2) is 35.2 Å². The number of carbonyl (C=O) groups excluding carboxylic acids is 1. The van der Waals surface area contributed by atoms with Crippen LogP contribution in [0.1, 0.15) is 0 Å². The maximum Gasteiger partial charge on any atom is 0.267 e. The Morgan fingerprint density at radius 3 is 2.69 bits per heavy atom. The van der Waals surface area contributed by atoms with E-state index in [1.807, 2.05) is 0 Å². The number of rotatable bonds is 5. The average molecular weight is 391 g/mol. The quantitative estimate of drug-likeness (QED) is 0.554. The highest BCUT2D eigenvalue weighted by Gasteiger charge is 2.10. The van der Waals surface area contributed by atoms with Gasteiger partial charge >= 0.3 is 0 Å². The fourth-order valence-electron chi connectivity index (χ4n) is 2.61. The van der Waals surface area contributed by atoms with Crippen LogP contribution < -0.4 is 10.9 Å². The number of amides is 1. The predicted octanol–water partition coefficient (Wildman–Crippen LogP) is 1.66. The van der Waals surface area contributed by atoms with Gasteiger partial charge in [0.15, 0.2) is 0 Å². The van der Waals surface area contributed by atoms with Gasteiger partial charge in [-0.05, 0) is 30.3 Å². The summed E-state index contributed by atoms with van der Waals surface area (Å²) in [6, 6.07) is 10.1. The number of nitrogens with zero attached hydrogens (tertiary/aromatic N) is 6. The Morgan fingerprint density at radius 2 is 1.93 bits per heavy atom. The number of aromatic nitrogens is 6. The number of carbonyl (C=O) groups is 1. The van der Waals surface area contributed by atoms with E-state index in [2.05, 4.69) is 25.4 Å². The molecular formula is C19H14FN7O2. The van der Waals surface area contributed by atoms with Crippen molar-refractivity contribution in [3.63, 3.8) is 0 Å². The van der Waals surface area contributed by atoms with E-state index in [0.717, 1.165) is 4.68 Å². The highest BCUT2D eigenvalue weighted by atomic mass is 19.1. The van der Waals surface area contributed by atoms with E-state index in [1.165, 1.54) is 30.6 Å². The molecule has 10 heteroatoms. The lowest BCUT2D eigenvalue weighted by Crippen LogP contribution is -2.29. The van der Waals surface area contributed by atoms with Crippen LogP contribution in [0.5, 0.6) is 0 Å². The Labute approximate surface area is 163 Å². The van der Waals surface area contributed by atoms with Crippen LogP contribution in [0.15, 0.2) is 72.3 Å². The number of anilines is 1. The molecule has 0 aliphatic rings. The lowest BCUT2D eigenvalue weighted by atomic mass is 10.1. The molecule has 1 amide bonds. The highest BCUT2D eigenvalue weighted by molar-refractivity contribution is 5.89. The van der Waals surface area contributed by atoms with Crippen LogP contribution in [0, 0.1) is 5.82 Å². The SMILES string of the molecule is O=C(Cn1nc(-c2ccc(F)cc2)ccc1=O)Nc1cc(-n2ccnc2)ncn1. The summed E-state index contributed by atoms with van der Waals surface area (Å²) in [6.45, 7) is -0.307. The number of imidazole rings is 1. The maximum atomic E-state index is 13.1. The van der Waals surface area contributed by atoms with Gasteiger partial charge in [0.1, 0.15) is 36.7 Å². The molecule has 0 saturated carbocycles. The van der Waals surface area contributed by atoms with Crippen molar-refractivity contribution in [3.8, 4) is 17.1 Å². The minimum absolute atomic E-state index is 0.274. The summed E-state index contributed by atoms with van der Waals surface area (Å²) in [5.74, 6) is -0.0506. The Bertz CT molecular complexity index is 1200. The van der Waals surface area contributed by atoms with Crippen LogP contribution in [0.2, 0.25) is 0 Å². The third kappa shape index (κ3) is 4.21. The van der Waals surface area contributed by atoms with Crippen LogP contribution in [0.25, 0.3) is 17.1 Å². The van der Waals surface area contributed by atoms with E-state index in [9.17, 15) is 14.0 Å². The van der Waals surface area contributed by atoms with E-state index in [1.54, 1.807) is 41.5 Å². The molecule has 1 N–H and O–H groups in total. The molecule has 29 heavy (non-hydrogen) atoms. The number of nitrogens with one attached hydrogen (secondary N) is 1. The first-order valence-corrected chi connectivity index (χ1v) is 8.53. The summed E-state index contributed by atoms with van der Waals surface area (Å²) in [4.78, 5) is 36.5. The number of hydrogen-bond donors (Lipinski definition) is 1. The molecule has 0 radical (unpaired) electrons. The Morgan fingerprint density at radius 1 is 1.10 bits per heavy atom. The van der Waals surface area contributed by atoms with Crippen molar-refractivity contribution in [1.29, 1.82) is 0 Å². The topological polar surface area (TPSA) is 108 Å². The minimum atomic E-state index is -0.480. The average Bonchev–Trinajstić information content (AvgIpc) is 3.25. The summed E-state index contributed by atoms with van der Waals surface area (Å²) in [6.07, 6.45) is 6.19. The van der Waals surface area contributed by atoms with Crippen molar-refractivity contribution in [2.45, 2.75) is 6.54 Å². The first-order valence-electron chi connectivity index (χ1n) is 8.53. The summed E-state index contributed by atoms with van der Waals surface area (Å²) in [5, 5.41) is 6.80. The second kappa shape index (κ2) is 7.80. The standard InChI is InChI=1S/C19H14FN7O2/c20-14-3-1-13(2-4-14)15-5-6-19(29)27(25-15)10-18(28)24-16-9-17(23-11-22-16)26-8-7-21-12-26/h1-9,11-12H,10H2,(H,22,23,24,28). The zero-order valence-corrected chi connectivity index (χ0v) is 14.9. The van der Waals surface area contributed by atoms with Gasteiger partial charge in [0.05, 0.1) is 5.69 Å². The molecule has 0 saturated heterocycles. The summed E-state index contributed by atoms with van der Waals surface area (Å²) < 4.78 is 15.8. The van der Waals surface area contributed by atoms with Gasteiger partial charge in [-0.1, -0.05) is 0 Å². The van der Waals surface area contributed by atoms with Crippen LogP contribution in [0.3, 0.4) is 0 Å². The zero-order valence-electron chi connectivity index (χ0n) is 14.9. The molecule has 4 rings (SSSR count).